The van der Waals surface area contributed by atoms with Gasteiger partial charge in [0.25, 0.3) is 0 Å². The summed E-state index contributed by atoms with van der Waals surface area (Å²) in [6, 6.07) is 7.77. The number of aryl methyl sites for hydroxylation is 1. The Morgan fingerprint density at radius 2 is 2.00 bits per heavy atom. The summed E-state index contributed by atoms with van der Waals surface area (Å²) in [6.07, 6.45) is 0. The van der Waals surface area contributed by atoms with Crippen molar-refractivity contribution in [1.82, 2.24) is 5.32 Å². The fourth-order valence-corrected chi connectivity index (χ4v) is 1.34. The van der Waals surface area contributed by atoms with Gasteiger partial charge in [0.05, 0.1) is 6.04 Å². The number of benzene rings is 1. The lowest BCUT2D eigenvalue weighted by Crippen LogP contribution is -2.38. The van der Waals surface area contributed by atoms with Crippen molar-refractivity contribution < 1.29 is 14.3 Å². The lowest BCUT2D eigenvalue weighted by Gasteiger charge is -2.14. The van der Waals surface area contributed by atoms with Gasteiger partial charge in [-0.1, -0.05) is 17.7 Å². The highest BCUT2D eigenvalue weighted by Gasteiger charge is 2.07. The second-order valence-electron chi connectivity index (χ2n) is 4.03. The summed E-state index contributed by atoms with van der Waals surface area (Å²) in [5.41, 5.74) is 1.19. The second-order valence-corrected chi connectivity index (χ2v) is 4.03. The predicted octanol–water partition coefficient (Wildman–Crippen LogP) is 1.52. The van der Waals surface area contributed by atoms with E-state index in [0.717, 1.165) is 5.75 Å². The molecule has 0 fully saturated rings. The van der Waals surface area contributed by atoms with E-state index in [4.69, 9.17) is 9.47 Å². The molecule has 1 aromatic rings. The van der Waals surface area contributed by atoms with Crippen LogP contribution in [0.25, 0.3) is 0 Å². The van der Waals surface area contributed by atoms with E-state index in [1.54, 1.807) is 0 Å². The zero-order valence-corrected chi connectivity index (χ0v) is 10.5. The van der Waals surface area contributed by atoms with Gasteiger partial charge in [0.1, 0.15) is 19.0 Å². The second kappa shape index (κ2) is 6.91. The van der Waals surface area contributed by atoms with Crippen LogP contribution in [0.15, 0.2) is 24.3 Å². The molecule has 94 valence electrons. The van der Waals surface area contributed by atoms with Crippen molar-refractivity contribution in [3.8, 4) is 5.75 Å². The molecule has 0 radical (unpaired) electrons. The molecule has 17 heavy (non-hydrogen) atoms. The first-order valence-corrected chi connectivity index (χ1v) is 5.59. The van der Waals surface area contributed by atoms with Gasteiger partial charge in [0, 0.05) is 7.11 Å². The molecule has 1 N–H and O–H groups in total. The van der Waals surface area contributed by atoms with E-state index >= 15 is 0 Å². The molecule has 4 heteroatoms. The Bertz CT molecular complexity index is 348. The Morgan fingerprint density at radius 1 is 1.35 bits per heavy atom. The summed E-state index contributed by atoms with van der Waals surface area (Å²) >= 11 is 0. The Labute approximate surface area is 102 Å². The van der Waals surface area contributed by atoms with Crippen molar-refractivity contribution in [2.24, 2.45) is 0 Å². The third kappa shape index (κ3) is 5.36. The summed E-state index contributed by atoms with van der Waals surface area (Å²) < 4.78 is 10.3. The molecule has 0 aliphatic carbocycles. The SMILES string of the molecule is COCC(=O)N[C@@H](C)COc1ccc(C)cc1. The number of nitrogens with one attached hydrogen (secondary N) is 1. The third-order valence-electron chi connectivity index (χ3n) is 2.20. The first kappa shape index (κ1) is 13.5. The summed E-state index contributed by atoms with van der Waals surface area (Å²) in [7, 11) is 1.49. The molecule has 0 aliphatic rings. The van der Waals surface area contributed by atoms with Crippen LogP contribution >= 0.6 is 0 Å². The summed E-state index contributed by atoms with van der Waals surface area (Å²) in [5, 5.41) is 2.77. The van der Waals surface area contributed by atoms with Crippen molar-refractivity contribution in [3.63, 3.8) is 0 Å². The minimum atomic E-state index is -0.132. The van der Waals surface area contributed by atoms with Crippen LogP contribution in [0.4, 0.5) is 0 Å². The fraction of sp³-hybridized carbons (Fsp3) is 0.462. The predicted molar refractivity (Wildman–Crippen MR) is 66.2 cm³/mol. The van der Waals surface area contributed by atoms with Gasteiger partial charge in [0.15, 0.2) is 0 Å². The number of hydrogen-bond donors (Lipinski definition) is 1. The molecule has 0 aromatic heterocycles. The van der Waals surface area contributed by atoms with E-state index in [1.165, 1.54) is 12.7 Å². The molecule has 1 rings (SSSR count). The molecule has 0 saturated heterocycles. The van der Waals surface area contributed by atoms with Crippen molar-refractivity contribution in [2.45, 2.75) is 19.9 Å². The molecule has 0 bridgehead atoms. The van der Waals surface area contributed by atoms with Gasteiger partial charge >= 0.3 is 0 Å². The number of hydrogen-bond acceptors (Lipinski definition) is 3. The highest BCUT2D eigenvalue weighted by atomic mass is 16.5. The smallest absolute Gasteiger partial charge is 0.246 e. The van der Waals surface area contributed by atoms with E-state index in [2.05, 4.69) is 5.32 Å². The maximum atomic E-state index is 11.2. The normalized spacial score (nSPS) is 11.9. The third-order valence-corrected chi connectivity index (χ3v) is 2.20. The van der Waals surface area contributed by atoms with E-state index in [-0.39, 0.29) is 18.6 Å². The first-order chi connectivity index (χ1) is 8.11. The lowest BCUT2D eigenvalue weighted by molar-refractivity contribution is -0.125. The van der Waals surface area contributed by atoms with Gasteiger partial charge in [-0.15, -0.1) is 0 Å². The number of carbonyl (C=O) groups excluding carboxylic acids is 1. The van der Waals surface area contributed by atoms with Gasteiger partial charge in [-0.25, -0.2) is 0 Å². The molecule has 1 amide bonds. The molecule has 4 nitrogen and oxygen atoms in total. The van der Waals surface area contributed by atoms with Gasteiger partial charge in [-0.3, -0.25) is 4.79 Å². The van der Waals surface area contributed by atoms with Gasteiger partial charge in [0.2, 0.25) is 5.91 Å². The Hall–Kier alpha value is -1.55. The van der Waals surface area contributed by atoms with Crippen LogP contribution in [-0.4, -0.2) is 32.3 Å². The van der Waals surface area contributed by atoms with Crippen LogP contribution in [0.1, 0.15) is 12.5 Å². The molecule has 0 unspecified atom stereocenters. The quantitative estimate of drug-likeness (QED) is 0.816. The molecule has 0 spiro atoms. The largest absolute Gasteiger partial charge is 0.491 e. The molecular weight excluding hydrogens is 218 g/mol. The Morgan fingerprint density at radius 3 is 2.59 bits per heavy atom. The van der Waals surface area contributed by atoms with Crippen LogP contribution in [0.3, 0.4) is 0 Å². The Kier molecular flexibility index (Phi) is 5.49. The Balaban J connectivity index is 2.30. The number of rotatable bonds is 6. The fourth-order valence-electron chi connectivity index (χ4n) is 1.34. The van der Waals surface area contributed by atoms with E-state index in [1.807, 2.05) is 38.1 Å². The number of methoxy groups -OCH3 is 1. The number of ether oxygens (including phenoxy) is 2. The van der Waals surface area contributed by atoms with Crippen LogP contribution in [-0.2, 0) is 9.53 Å². The van der Waals surface area contributed by atoms with Gasteiger partial charge in [-0.2, -0.15) is 0 Å². The van der Waals surface area contributed by atoms with Crippen molar-refractivity contribution >= 4 is 5.91 Å². The molecule has 1 aromatic carbocycles. The zero-order chi connectivity index (χ0) is 12.7. The maximum absolute atomic E-state index is 11.2. The monoisotopic (exact) mass is 237 g/mol. The maximum Gasteiger partial charge on any atom is 0.246 e. The van der Waals surface area contributed by atoms with E-state index in [9.17, 15) is 4.79 Å². The van der Waals surface area contributed by atoms with Gasteiger partial charge < -0.3 is 14.8 Å². The average Bonchev–Trinajstić information content (AvgIpc) is 2.28. The van der Waals surface area contributed by atoms with Gasteiger partial charge in [-0.05, 0) is 26.0 Å². The first-order valence-electron chi connectivity index (χ1n) is 5.59. The highest BCUT2D eigenvalue weighted by Crippen LogP contribution is 2.11. The van der Waals surface area contributed by atoms with Crippen LogP contribution < -0.4 is 10.1 Å². The van der Waals surface area contributed by atoms with Crippen LogP contribution in [0.2, 0.25) is 0 Å². The van der Waals surface area contributed by atoms with Crippen molar-refractivity contribution in [3.05, 3.63) is 29.8 Å². The summed E-state index contributed by atoms with van der Waals surface area (Å²) in [6.45, 7) is 4.44. The molecule has 0 heterocycles. The lowest BCUT2D eigenvalue weighted by atomic mass is 10.2. The molecular formula is C13H19NO3. The summed E-state index contributed by atoms with van der Waals surface area (Å²) in [5.74, 6) is 0.677. The number of amides is 1. The minimum Gasteiger partial charge on any atom is -0.491 e. The minimum absolute atomic E-state index is 0.0426. The standard InChI is InChI=1S/C13H19NO3/c1-10-4-6-12(7-5-10)17-8-11(2)14-13(15)9-16-3/h4-7,11H,8-9H2,1-3H3,(H,14,15)/t11-/m0/s1. The average molecular weight is 237 g/mol. The summed E-state index contributed by atoms with van der Waals surface area (Å²) in [4.78, 5) is 11.2. The molecule has 0 saturated carbocycles. The van der Waals surface area contributed by atoms with E-state index in [0.29, 0.717) is 6.61 Å². The van der Waals surface area contributed by atoms with Crippen molar-refractivity contribution in [2.75, 3.05) is 20.3 Å². The topological polar surface area (TPSA) is 47.6 Å². The van der Waals surface area contributed by atoms with Crippen LogP contribution in [0, 0.1) is 6.92 Å². The zero-order valence-electron chi connectivity index (χ0n) is 10.5. The van der Waals surface area contributed by atoms with Crippen molar-refractivity contribution in [1.29, 1.82) is 0 Å². The molecule has 0 aliphatic heterocycles. The number of carbonyl (C=O) groups is 1. The highest BCUT2D eigenvalue weighted by molar-refractivity contribution is 5.77. The van der Waals surface area contributed by atoms with Crippen LogP contribution in [0.5, 0.6) is 5.75 Å². The molecule has 1 atom stereocenters. The van der Waals surface area contributed by atoms with E-state index < -0.39 is 0 Å².